The maximum atomic E-state index is 11.9. The van der Waals surface area contributed by atoms with E-state index >= 15 is 0 Å². The molecule has 0 saturated heterocycles. The summed E-state index contributed by atoms with van der Waals surface area (Å²) in [6.45, 7) is 7.17. The first-order chi connectivity index (χ1) is 7.88. The van der Waals surface area contributed by atoms with Crippen molar-refractivity contribution in [1.29, 1.82) is 0 Å². The Morgan fingerprint density at radius 1 is 1.35 bits per heavy atom. The summed E-state index contributed by atoms with van der Waals surface area (Å²) in [6, 6.07) is 0.0811. The fourth-order valence-corrected chi connectivity index (χ4v) is 3.42. The summed E-state index contributed by atoms with van der Waals surface area (Å²) in [6.07, 6.45) is 4.79. The van der Waals surface area contributed by atoms with Gasteiger partial charge in [0.05, 0.1) is 0 Å². The van der Waals surface area contributed by atoms with Gasteiger partial charge in [-0.15, -0.1) is 0 Å². The summed E-state index contributed by atoms with van der Waals surface area (Å²) >= 11 is 0. The predicted molar refractivity (Wildman–Crippen MR) is 69.4 cm³/mol. The van der Waals surface area contributed by atoms with Crippen LogP contribution >= 0.6 is 0 Å². The van der Waals surface area contributed by atoms with Gasteiger partial charge in [0.25, 0.3) is 0 Å². The van der Waals surface area contributed by atoms with Crippen LogP contribution in [0.4, 0.5) is 0 Å². The van der Waals surface area contributed by atoms with Crippen molar-refractivity contribution >= 4 is 5.91 Å². The Hall–Kier alpha value is -0.570. The van der Waals surface area contributed by atoms with Crippen molar-refractivity contribution in [2.24, 2.45) is 28.9 Å². The molecule has 2 aliphatic carbocycles. The first kappa shape index (κ1) is 12.9. The topological polar surface area (TPSA) is 55.1 Å². The predicted octanol–water partition coefficient (Wildman–Crippen LogP) is 1.91. The number of fused-ring (bicyclic) bond motifs is 1. The van der Waals surface area contributed by atoms with Crippen LogP contribution in [0.25, 0.3) is 0 Å². The quantitative estimate of drug-likeness (QED) is 0.786. The third-order valence-corrected chi connectivity index (χ3v) is 4.12. The Balaban J connectivity index is 1.67. The molecular weight excluding hydrogens is 212 g/mol. The smallest absolute Gasteiger partial charge is 0.223 e. The van der Waals surface area contributed by atoms with E-state index in [1.807, 2.05) is 0 Å². The average molecular weight is 238 g/mol. The first-order valence-electron chi connectivity index (χ1n) is 6.92. The summed E-state index contributed by atoms with van der Waals surface area (Å²) in [5.41, 5.74) is 6.27. The Morgan fingerprint density at radius 2 is 1.94 bits per heavy atom. The van der Waals surface area contributed by atoms with Gasteiger partial charge >= 0.3 is 0 Å². The summed E-state index contributed by atoms with van der Waals surface area (Å²) in [7, 11) is 0. The van der Waals surface area contributed by atoms with Crippen LogP contribution in [0.2, 0.25) is 0 Å². The molecule has 2 rings (SSSR count). The molecule has 0 aromatic heterocycles. The minimum atomic E-state index is 0.0811. The van der Waals surface area contributed by atoms with Gasteiger partial charge in [-0.3, -0.25) is 4.79 Å². The molecular formula is C14H26N2O. The zero-order valence-corrected chi connectivity index (χ0v) is 11.3. The second-order valence-electron chi connectivity index (χ2n) is 7.05. The van der Waals surface area contributed by atoms with Crippen LogP contribution in [0.3, 0.4) is 0 Å². The molecule has 3 nitrogen and oxygen atoms in total. The molecule has 17 heavy (non-hydrogen) atoms. The molecule has 3 unspecified atom stereocenters. The van der Waals surface area contributed by atoms with Crippen LogP contribution in [-0.4, -0.2) is 18.5 Å². The molecule has 98 valence electrons. The normalized spacial score (nSPS) is 33.1. The van der Waals surface area contributed by atoms with Gasteiger partial charge in [0.2, 0.25) is 5.91 Å². The van der Waals surface area contributed by atoms with Gasteiger partial charge in [-0.1, -0.05) is 27.2 Å². The molecule has 0 aliphatic heterocycles. The number of hydrogen-bond acceptors (Lipinski definition) is 2. The van der Waals surface area contributed by atoms with E-state index in [9.17, 15) is 4.79 Å². The molecule has 3 N–H and O–H groups in total. The fourth-order valence-electron chi connectivity index (χ4n) is 3.42. The highest BCUT2D eigenvalue weighted by molar-refractivity contribution is 5.82. The van der Waals surface area contributed by atoms with Crippen molar-refractivity contribution in [2.75, 3.05) is 6.54 Å². The maximum Gasteiger partial charge on any atom is 0.223 e. The minimum absolute atomic E-state index is 0.0811. The standard InChI is InChI=1S/C14H26N2O/c1-14(2,3)7-9(15)8-16-13(17)12-10-5-4-6-11(10)12/h9-12H,4-8,15H2,1-3H3,(H,16,17). The fraction of sp³-hybridized carbons (Fsp3) is 0.929. The van der Waals surface area contributed by atoms with E-state index in [0.29, 0.717) is 24.3 Å². The number of carbonyl (C=O) groups excluding carboxylic acids is 1. The van der Waals surface area contributed by atoms with Gasteiger partial charge in [0.15, 0.2) is 0 Å². The second-order valence-corrected chi connectivity index (χ2v) is 7.05. The first-order valence-corrected chi connectivity index (χ1v) is 6.92. The van der Waals surface area contributed by atoms with Gasteiger partial charge in [0.1, 0.15) is 0 Å². The van der Waals surface area contributed by atoms with Crippen molar-refractivity contribution < 1.29 is 4.79 Å². The van der Waals surface area contributed by atoms with Crippen molar-refractivity contribution in [2.45, 2.75) is 52.5 Å². The minimum Gasteiger partial charge on any atom is -0.354 e. The van der Waals surface area contributed by atoms with E-state index < -0.39 is 0 Å². The maximum absolute atomic E-state index is 11.9. The summed E-state index contributed by atoms with van der Waals surface area (Å²) in [4.78, 5) is 11.9. The molecule has 3 atom stereocenters. The molecule has 2 fully saturated rings. The lowest BCUT2D eigenvalue weighted by Gasteiger charge is -2.23. The monoisotopic (exact) mass is 238 g/mol. The van der Waals surface area contributed by atoms with E-state index in [0.717, 1.165) is 6.42 Å². The highest BCUT2D eigenvalue weighted by atomic mass is 16.2. The summed E-state index contributed by atoms with van der Waals surface area (Å²) in [5.74, 6) is 1.98. The van der Waals surface area contributed by atoms with Gasteiger partial charge in [0, 0.05) is 18.5 Å². The third kappa shape index (κ3) is 3.21. The van der Waals surface area contributed by atoms with Crippen LogP contribution in [0, 0.1) is 23.2 Å². The van der Waals surface area contributed by atoms with Gasteiger partial charge in [-0.25, -0.2) is 0 Å². The van der Waals surface area contributed by atoms with Crippen LogP contribution in [0.15, 0.2) is 0 Å². The number of amides is 1. The van der Waals surface area contributed by atoms with Gasteiger partial charge in [-0.2, -0.15) is 0 Å². The van der Waals surface area contributed by atoms with Gasteiger partial charge in [-0.05, 0) is 36.5 Å². The molecule has 1 amide bonds. The molecule has 0 bridgehead atoms. The highest BCUT2D eigenvalue weighted by Gasteiger charge is 2.56. The second kappa shape index (κ2) is 4.60. The Bertz CT molecular complexity index is 285. The van der Waals surface area contributed by atoms with Crippen molar-refractivity contribution in [3.63, 3.8) is 0 Å². The van der Waals surface area contributed by atoms with Crippen LogP contribution < -0.4 is 11.1 Å². The summed E-state index contributed by atoms with van der Waals surface area (Å²) in [5, 5.41) is 3.03. The third-order valence-electron chi connectivity index (χ3n) is 4.12. The average Bonchev–Trinajstić information content (AvgIpc) is 2.66. The Morgan fingerprint density at radius 3 is 2.47 bits per heavy atom. The lowest BCUT2D eigenvalue weighted by molar-refractivity contribution is -0.123. The SMILES string of the molecule is CC(C)(C)CC(N)CNC(=O)C1C2CCCC21. The van der Waals surface area contributed by atoms with Crippen LogP contribution in [0.1, 0.15) is 46.5 Å². The van der Waals surface area contributed by atoms with E-state index in [1.54, 1.807) is 0 Å². The van der Waals surface area contributed by atoms with E-state index in [2.05, 4.69) is 26.1 Å². The molecule has 0 spiro atoms. The number of rotatable bonds is 4. The number of hydrogen-bond donors (Lipinski definition) is 2. The zero-order valence-electron chi connectivity index (χ0n) is 11.3. The highest BCUT2D eigenvalue weighted by Crippen LogP contribution is 2.57. The number of nitrogens with two attached hydrogens (primary N) is 1. The van der Waals surface area contributed by atoms with E-state index in [4.69, 9.17) is 5.73 Å². The zero-order chi connectivity index (χ0) is 12.6. The van der Waals surface area contributed by atoms with E-state index in [-0.39, 0.29) is 17.4 Å². The molecule has 2 aliphatic rings. The molecule has 0 radical (unpaired) electrons. The Kier molecular flexibility index (Phi) is 3.48. The van der Waals surface area contributed by atoms with Crippen molar-refractivity contribution in [3.8, 4) is 0 Å². The molecule has 2 saturated carbocycles. The van der Waals surface area contributed by atoms with E-state index in [1.165, 1.54) is 19.3 Å². The lowest BCUT2D eigenvalue weighted by Crippen LogP contribution is -2.40. The number of carbonyl (C=O) groups is 1. The number of nitrogens with one attached hydrogen (secondary N) is 1. The molecule has 0 aromatic rings. The molecule has 0 aromatic carbocycles. The lowest BCUT2D eigenvalue weighted by atomic mass is 9.88. The summed E-state index contributed by atoms with van der Waals surface area (Å²) < 4.78 is 0. The van der Waals surface area contributed by atoms with Crippen LogP contribution in [0.5, 0.6) is 0 Å². The van der Waals surface area contributed by atoms with Gasteiger partial charge < -0.3 is 11.1 Å². The Labute approximate surface area is 105 Å². The molecule has 0 heterocycles. The molecule has 3 heteroatoms. The largest absolute Gasteiger partial charge is 0.354 e. The van der Waals surface area contributed by atoms with Crippen molar-refractivity contribution in [3.05, 3.63) is 0 Å². The van der Waals surface area contributed by atoms with Crippen molar-refractivity contribution in [1.82, 2.24) is 5.32 Å². The van der Waals surface area contributed by atoms with Crippen LogP contribution in [-0.2, 0) is 4.79 Å².